The molecule has 0 aromatic heterocycles. The fourth-order valence-corrected chi connectivity index (χ4v) is 4.99. The van der Waals surface area contributed by atoms with Crippen molar-refractivity contribution < 1.29 is 33.7 Å². The van der Waals surface area contributed by atoms with E-state index in [0.29, 0.717) is 34.6 Å². The lowest BCUT2D eigenvalue weighted by Gasteiger charge is -2.35. The summed E-state index contributed by atoms with van der Waals surface area (Å²) < 4.78 is 10.5. The Kier molecular flexibility index (Phi) is 8.21. The number of hydrogen-bond donors (Lipinski definition) is 1. The Labute approximate surface area is 220 Å². The summed E-state index contributed by atoms with van der Waals surface area (Å²) in [7, 11) is 0. The molecule has 4 rings (SSSR count). The van der Waals surface area contributed by atoms with Crippen molar-refractivity contribution in [1.82, 2.24) is 10.2 Å². The number of nitrogens with one attached hydrogen (secondary N) is 1. The summed E-state index contributed by atoms with van der Waals surface area (Å²) in [6, 6.07) is 11.2. The van der Waals surface area contributed by atoms with Crippen LogP contribution in [0.4, 0.5) is 16.2 Å². The molecule has 38 heavy (non-hydrogen) atoms. The average molecular weight is 543 g/mol. The molecule has 13 nitrogen and oxygen atoms in total. The van der Waals surface area contributed by atoms with Crippen molar-refractivity contribution in [1.29, 1.82) is 0 Å². The van der Waals surface area contributed by atoms with Gasteiger partial charge in [-0.15, -0.1) is 11.8 Å². The minimum atomic E-state index is -0.661. The summed E-state index contributed by atoms with van der Waals surface area (Å²) in [6.45, 7) is 0.0791. The molecule has 0 spiro atoms. The van der Waals surface area contributed by atoms with Gasteiger partial charge in [-0.25, -0.2) is 9.59 Å². The maximum Gasteiger partial charge on any atom is 0.407 e. The zero-order chi connectivity index (χ0) is 27.2. The number of nitro groups is 2. The number of rotatable bonds is 11. The summed E-state index contributed by atoms with van der Waals surface area (Å²) in [5.74, 6) is -0.409. The van der Waals surface area contributed by atoms with E-state index in [1.807, 2.05) is 0 Å². The van der Waals surface area contributed by atoms with Gasteiger partial charge in [0.15, 0.2) is 0 Å². The molecule has 2 aliphatic heterocycles. The van der Waals surface area contributed by atoms with Crippen molar-refractivity contribution in [2.24, 2.45) is 0 Å². The van der Waals surface area contributed by atoms with Crippen LogP contribution in [0.2, 0.25) is 0 Å². The summed E-state index contributed by atoms with van der Waals surface area (Å²) >= 11 is 1.33. The van der Waals surface area contributed by atoms with Gasteiger partial charge in [0.05, 0.1) is 15.9 Å². The monoisotopic (exact) mass is 542 g/mol. The van der Waals surface area contributed by atoms with E-state index in [1.165, 1.54) is 65.2 Å². The van der Waals surface area contributed by atoms with Gasteiger partial charge in [-0.3, -0.25) is 25.0 Å². The lowest BCUT2D eigenvalue weighted by molar-refractivity contribution is -0.385. The first-order valence-electron chi connectivity index (χ1n) is 11.5. The number of benzene rings is 2. The van der Waals surface area contributed by atoms with E-state index in [0.717, 1.165) is 0 Å². The normalized spacial score (nSPS) is 15.9. The topological polar surface area (TPSA) is 171 Å². The highest BCUT2D eigenvalue weighted by Gasteiger charge is 2.48. The highest BCUT2D eigenvalue weighted by atomic mass is 32.2. The number of ether oxygens (including phenoxy) is 2. The van der Waals surface area contributed by atoms with Crippen LogP contribution >= 0.6 is 11.8 Å². The number of β-lactam (4-membered cyclic amide) rings is 1. The van der Waals surface area contributed by atoms with Crippen LogP contribution in [-0.4, -0.2) is 51.1 Å². The molecule has 1 fully saturated rings. The van der Waals surface area contributed by atoms with Crippen molar-refractivity contribution in [2.45, 2.75) is 32.1 Å². The molecular weight excluding hydrogens is 520 g/mol. The van der Waals surface area contributed by atoms with Crippen LogP contribution in [-0.2, 0) is 32.3 Å². The van der Waals surface area contributed by atoms with Gasteiger partial charge in [-0.1, -0.05) is 0 Å². The molecule has 198 valence electrons. The molecule has 2 amide bonds. The van der Waals surface area contributed by atoms with Gasteiger partial charge < -0.3 is 19.7 Å². The zero-order valence-electron chi connectivity index (χ0n) is 19.9. The number of nitrogens with zero attached hydrogens (tertiary/aromatic N) is 3. The van der Waals surface area contributed by atoms with Crippen LogP contribution in [0.5, 0.6) is 0 Å². The number of hydrogen-bond acceptors (Lipinski definition) is 10. The highest BCUT2D eigenvalue weighted by Crippen LogP contribution is 2.43. The Morgan fingerprint density at radius 1 is 0.921 bits per heavy atom. The largest absolute Gasteiger partial charge is 0.456 e. The molecule has 0 aliphatic carbocycles. The van der Waals surface area contributed by atoms with E-state index in [1.54, 1.807) is 0 Å². The lowest BCUT2D eigenvalue weighted by atomic mass is 10.0. The second-order valence-electron chi connectivity index (χ2n) is 8.37. The molecule has 2 aromatic rings. The SMILES string of the molecule is O=C(NCCSC1=C(C(=O)OCc2ccc([N+](=O)[O-])cc2)N2C(=O)CC2C1)OCc1ccc([N+](=O)[O-])cc1. The van der Waals surface area contributed by atoms with E-state index in [4.69, 9.17) is 9.47 Å². The minimum Gasteiger partial charge on any atom is -0.456 e. The Morgan fingerprint density at radius 3 is 2.00 bits per heavy atom. The van der Waals surface area contributed by atoms with Crippen LogP contribution in [0.25, 0.3) is 0 Å². The molecule has 0 radical (unpaired) electrons. The third-order valence-corrected chi connectivity index (χ3v) is 6.96. The van der Waals surface area contributed by atoms with Gasteiger partial charge in [0.1, 0.15) is 18.9 Å². The molecule has 1 saturated heterocycles. The zero-order valence-corrected chi connectivity index (χ0v) is 20.7. The Hall–Kier alpha value is -4.46. The van der Waals surface area contributed by atoms with E-state index in [9.17, 15) is 34.6 Å². The number of alkyl carbamates (subject to hydrolysis) is 1. The van der Waals surface area contributed by atoms with Crippen LogP contribution in [0, 0.1) is 20.2 Å². The fraction of sp³-hybridized carbons (Fsp3) is 0.292. The predicted molar refractivity (Wildman–Crippen MR) is 134 cm³/mol. The number of esters is 1. The molecule has 1 atom stereocenters. The van der Waals surface area contributed by atoms with Gasteiger partial charge in [-0.2, -0.15) is 0 Å². The quantitative estimate of drug-likeness (QED) is 0.146. The van der Waals surface area contributed by atoms with Gasteiger partial charge in [0, 0.05) is 54.3 Å². The first-order chi connectivity index (χ1) is 18.2. The Bertz CT molecular complexity index is 1290. The van der Waals surface area contributed by atoms with E-state index < -0.39 is 21.9 Å². The number of carbonyl (C=O) groups excluding carboxylic acids is 3. The van der Waals surface area contributed by atoms with E-state index in [2.05, 4.69) is 5.32 Å². The van der Waals surface area contributed by atoms with Crippen molar-refractivity contribution in [3.05, 3.63) is 90.5 Å². The fourth-order valence-electron chi connectivity index (χ4n) is 3.91. The molecule has 1 N–H and O–H groups in total. The maximum absolute atomic E-state index is 12.8. The molecular formula is C24H22N4O9S. The van der Waals surface area contributed by atoms with Gasteiger partial charge >= 0.3 is 12.1 Å². The molecule has 2 aromatic carbocycles. The van der Waals surface area contributed by atoms with Gasteiger partial charge in [-0.05, 0) is 35.4 Å². The number of nitro benzene ring substituents is 2. The number of carbonyl (C=O) groups is 3. The molecule has 0 bridgehead atoms. The van der Waals surface area contributed by atoms with E-state index in [-0.39, 0.29) is 48.8 Å². The summed E-state index contributed by atoms with van der Waals surface area (Å²) in [6.07, 6.45) is 0.199. The number of fused-ring (bicyclic) bond motifs is 1. The third kappa shape index (κ3) is 6.26. The number of non-ortho nitro benzene ring substituents is 2. The first kappa shape index (κ1) is 26.6. The average Bonchev–Trinajstić information content (AvgIpc) is 3.20. The van der Waals surface area contributed by atoms with Crippen LogP contribution < -0.4 is 5.32 Å². The molecule has 14 heteroatoms. The minimum absolute atomic E-state index is 0.0500. The summed E-state index contributed by atoms with van der Waals surface area (Å²) in [5, 5.41) is 24.1. The number of thioether (sulfide) groups is 1. The maximum atomic E-state index is 12.8. The van der Waals surface area contributed by atoms with Crippen molar-refractivity contribution >= 4 is 41.1 Å². The second-order valence-corrected chi connectivity index (χ2v) is 9.56. The third-order valence-electron chi connectivity index (χ3n) is 5.85. The van der Waals surface area contributed by atoms with Crippen LogP contribution in [0.15, 0.2) is 59.1 Å². The van der Waals surface area contributed by atoms with E-state index >= 15 is 0 Å². The molecule has 1 unspecified atom stereocenters. The standard InChI is InChI=1S/C24H22N4O9S/c29-21-12-19-11-20(22(26(19)21)23(30)36-13-15-1-5-17(6-2-15)27(32)33)38-10-9-25-24(31)37-14-16-3-7-18(8-4-16)28(34)35/h1-8,19H,9-14H2,(H,25,31). The molecule has 0 saturated carbocycles. The van der Waals surface area contributed by atoms with Crippen molar-refractivity contribution in [3.8, 4) is 0 Å². The van der Waals surface area contributed by atoms with Crippen LogP contribution in [0.1, 0.15) is 24.0 Å². The van der Waals surface area contributed by atoms with Crippen LogP contribution in [0.3, 0.4) is 0 Å². The second kappa shape index (κ2) is 11.7. The van der Waals surface area contributed by atoms with Gasteiger partial charge in [0.25, 0.3) is 11.4 Å². The first-order valence-corrected chi connectivity index (χ1v) is 12.4. The highest BCUT2D eigenvalue weighted by molar-refractivity contribution is 8.03. The van der Waals surface area contributed by atoms with Crippen molar-refractivity contribution in [3.63, 3.8) is 0 Å². The summed E-state index contributed by atoms with van der Waals surface area (Å²) in [4.78, 5) is 59.5. The van der Waals surface area contributed by atoms with Crippen molar-refractivity contribution in [2.75, 3.05) is 12.3 Å². The smallest absolute Gasteiger partial charge is 0.407 e. The molecule has 2 heterocycles. The number of amides is 2. The molecule has 2 aliphatic rings. The van der Waals surface area contributed by atoms with Gasteiger partial charge in [0.2, 0.25) is 5.91 Å². The summed E-state index contributed by atoms with van der Waals surface area (Å²) in [5.41, 5.74) is 1.23. The lowest BCUT2D eigenvalue weighted by Crippen LogP contribution is -2.49. The predicted octanol–water partition coefficient (Wildman–Crippen LogP) is 3.42. The Morgan fingerprint density at radius 2 is 1.47 bits per heavy atom. The Balaban J connectivity index is 1.25.